The highest BCUT2D eigenvalue weighted by Gasteiger charge is 2.39. The monoisotopic (exact) mass is 355 g/mol. The molecule has 1 aromatic carbocycles. The molecule has 21 heavy (non-hydrogen) atoms. The molecule has 1 fully saturated rings. The van der Waals surface area contributed by atoms with Gasteiger partial charge in [-0.2, -0.15) is 0 Å². The van der Waals surface area contributed by atoms with Crippen molar-refractivity contribution >= 4 is 15.9 Å². The van der Waals surface area contributed by atoms with E-state index in [4.69, 9.17) is 15.2 Å². The zero-order valence-corrected chi connectivity index (χ0v) is 15.0. The van der Waals surface area contributed by atoms with E-state index < -0.39 is 0 Å². The lowest BCUT2D eigenvalue weighted by Crippen LogP contribution is -2.34. The summed E-state index contributed by atoms with van der Waals surface area (Å²) in [6, 6.07) is 2.02. The summed E-state index contributed by atoms with van der Waals surface area (Å²) in [4.78, 5) is 0. The van der Waals surface area contributed by atoms with Crippen molar-refractivity contribution in [3.05, 3.63) is 21.7 Å². The fraction of sp³-hybridized carbons (Fsp3) is 0.647. The standard InChI is InChI=1S/C17H26BrNO2/c1-11(2)14-15(17(10-19)7-5-6-8-17)12(18)9-13(20-3)16(14)21-4/h9,11H,5-8,10,19H2,1-4H3. The zero-order valence-electron chi connectivity index (χ0n) is 13.5. The molecule has 0 aromatic heterocycles. The Balaban J connectivity index is 2.75. The lowest BCUT2D eigenvalue weighted by Gasteiger charge is -2.34. The van der Waals surface area contributed by atoms with E-state index in [1.807, 2.05) is 6.07 Å². The summed E-state index contributed by atoms with van der Waals surface area (Å²) in [5.41, 5.74) is 8.84. The lowest BCUT2D eigenvalue weighted by atomic mass is 9.74. The summed E-state index contributed by atoms with van der Waals surface area (Å²) < 4.78 is 12.3. The molecule has 1 aromatic rings. The van der Waals surface area contributed by atoms with Crippen LogP contribution in [0.15, 0.2) is 10.5 Å². The highest BCUT2D eigenvalue weighted by molar-refractivity contribution is 9.10. The smallest absolute Gasteiger partial charge is 0.164 e. The largest absolute Gasteiger partial charge is 0.493 e. The number of rotatable bonds is 5. The zero-order chi connectivity index (χ0) is 15.6. The van der Waals surface area contributed by atoms with Gasteiger partial charge in [-0.1, -0.05) is 42.6 Å². The summed E-state index contributed by atoms with van der Waals surface area (Å²) in [5, 5.41) is 0. The summed E-state index contributed by atoms with van der Waals surface area (Å²) >= 11 is 3.77. The number of hydrogen-bond donors (Lipinski definition) is 1. The van der Waals surface area contributed by atoms with Crippen LogP contribution in [-0.2, 0) is 5.41 Å². The first-order chi connectivity index (χ1) is 10.0. The first-order valence-corrected chi connectivity index (χ1v) is 8.45. The fourth-order valence-electron chi connectivity index (χ4n) is 3.69. The first kappa shape index (κ1) is 16.6. The predicted octanol–water partition coefficient (Wildman–Crippen LogP) is 4.36. The van der Waals surface area contributed by atoms with Crippen LogP contribution in [0.4, 0.5) is 0 Å². The minimum Gasteiger partial charge on any atom is -0.493 e. The molecule has 2 N–H and O–H groups in total. The van der Waals surface area contributed by atoms with Gasteiger partial charge in [-0.15, -0.1) is 0 Å². The molecule has 1 saturated carbocycles. The molecule has 0 aliphatic heterocycles. The second-order valence-corrected chi connectivity index (χ2v) is 7.08. The van der Waals surface area contributed by atoms with Gasteiger partial charge in [-0.25, -0.2) is 0 Å². The van der Waals surface area contributed by atoms with Crippen LogP contribution in [0.1, 0.15) is 56.6 Å². The summed E-state index contributed by atoms with van der Waals surface area (Å²) in [6.45, 7) is 5.08. The maximum absolute atomic E-state index is 6.21. The second kappa shape index (κ2) is 6.57. The van der Waals surface area contributed by atoms with Crippen molar-refractivity contribution in [2.45, 2.75) is 50.9 Å². The maximum atomic E-state index is 6.21. The van der Waals surface area contributed by atoms with Crippen LogP contribution in [0.2, 0.25) is 0 Å². The Hall–Kier alpha value is -0.740. The maximum Gasteiger partial charge on any atom is 0.164 e. The van der Waals surface area contributed by atoms with Gasteiger partial charge in [0, 0.05) is 22.0 Å². The molecule has 0 saturated heterocycles. The molecule has 0 unspecified atom stereocenters. The minimum atomic E-state index is 0.0674. The van der Waals surface area contributed by atoms with Crippen LogP contribution in [-0.4, -0.2) is 20.8 Å². The van der Waals surface area contributed by atoms with Gasteiger partial charge in [0.05, 0.1) is 14.2 Å². The van der Waals surface area contributed by atoms with Crippen LogP contribution >= 0.6 is 15.9 Å². The molecule has 2 rings (SSSR count). The number of ether oxygens (including phenoxy) is 2. The number of halogens is 1. The van der Waals surface area contributed by atoms with E-state index in [1.165, 1.54) is 24.0 Å². The number of hydrogen-bond acceptors (Lipinski definition) is 3. The average Bonchev–Trinajstić information content (AvgIpc) is 2.95. The molecule has 0 amide bonds. The van der Waals surface area contributed by atoms with Gasteiger partial charge in [-0.3, -0.25) is 0 Å². The van der Waals surface area contributed by atoms with Gasteiger partial charge in [0.25, 0.3) is 0 Å². The van der Waals surface area contributed by atoms with E-state index >= 15 is 0 Å². The summed E-state index contributed by atoms with van der Waals surface area (Å²) in [7, 11) is 3.40. The van der Waals surface area contributed by atoms with Gasteiger partial charge < -0.3 is 15.2 Å². The number of nitrogens with two attached hydrogens (primary N) is 1. The van der Waals surface area contributed by atoms with E-state index in [1.54, 1.807) is 14.2 Å². The Kier molecular flexibility index (Phi) is 5.20. The highest BCUT2D eigenvalue weighted by atomic mass is 79.9. The van der Waals surface area contributed by atoms with Crippen molar-refractivity contribution < 1.29 is 9.47 Å². The molecule has 1 aliphatic rings. The van der Waals surface area contributed by atoms with Gasteiger partial charge in [0.1, 0.15) is 0 Å². The fourth-order valence-corrected chi connectivity index (χ4v) is 4.53. The third-order valence-electron chi connectivity index (χ3n) is 4.72. The van der Waals surface area contributed by atoms with Crippen molar-refractivity contribution in [1.82, 2.24) is 0 Å². The molecule has 0 atom stereocenters. The van der Waals surface area contributed by atoms with E-state index in [0.29, 0.717) is 12.5 Å². The molecular weight excluding hydrogens is 330 g/mol. The third-order valence-corrected chi connectivity index (χ3v) is 5.34. The SMILES string of the molecule is COc1cc(Br)c(C2(CN)CCCC2)c(C(C)C)c1OC. The Labute approximate surface area is 136 Å². The quantitative estimate of drug-likeness (QED) is 0.853. The van der Waals surface area contributed by atoms with Crippen LogP contribution in [0.3, 0.4) is 0 Å². The molecular formula is C17H26BrNO2. The van der Waals surface area contributed by atoms with Crippen molar-refractivity contribution in [1.29, 1.82) is 0 Å². The molecule has 0 radical (unpaired) electrons. The molecule has 0 heterocycles. The summed E-state index contributed by atoms with van der Waals surface area (Å²) in [6.07, 6.45) is 4.79. The van der Waals surface area contributed by atoms with Crippen molar-refractivity contribution in [3.63, 3.8) is 0 Å². The van der Waals surface area contributed by atoms with Gasteiger partial charge in [-0.05, 0) is 30.4 Å². The molecule has 0 bridgehead atoms. The molecule has 4 heteroatoms. The average molecular weight is 356 g/mol. The summed E-state index contributed by atoms with van der Waals surface area (Å²) in [5.74, 6) is 1.98. The van der Waals surface area contributed by atoms with Crippen molar-refractivity contribution in [2.75, 3.05) is 20.8 Å². The highest BCUT2D eigenvalue weighted by Crippen LogP contribution is 2.51. The van der Waals surface area contributed by atoms with Gasteiger partial charge in [0.15, 0.2) is 11.5 Å². The second-order valence-electron chi connectivity index (χ2n) is 6.23. The predicted molar refractivity (Wildman–Crippen MR) is 90.5 cm³/mol. The Morgan fingerprint density at radius 3 is 2.29 bits per heavy atom. The van der Waals surface area contributed by atoms with Crippen LogP contribution in [0.5, 0.6) is 11.5 Å². The van der Waals surface area contributed by atoms with Gasteiger partial charge >= 0.3 is 0 Å². The lowest BCUT2D eigenvalue weighted by molar-refractivity contribution is 0.345. The normalized spacial score (nSPS) is 17.3. The van der Waals surface area contributed by atoms with Crippen LogP contribution in [0, 0.1) is 0 Å². The number of methoxy groups -OCH3 is 2. The van der Waals surface area contributed by atoms with Crippen LogP contribution < -0.4 is 15.2 Å². The molecule has 118 valence electrons. The number of benzene rings is 1. The first-order valence-electron chi connectivity index (χ1n) is 7.65. The van der Waals surface area contributed by atoms with E-state index in [9.17, 15) is 0 Å². The Morgan fingerprint density at radius 2 is 1.86 bits per heavy atom. The minimum absolute atomic E-state index is 0.0674. The molecule has 1 aliphatic carbocycles. The van der Waals surface area contributed by atoms with Gasteiger partial charge in [0.2, 0.25) is 0 Å². The molecule has 0 spiro atoms. The third kappa shape index (κ3) is 2.80. The Morgan fingerprint density at radius 1 is 1.24 bits per heavy atom. The van der Waals surface area contributed by atoms with E-state index in [0.717, 1.165) is 28.8 Å². The van der Waals surface area contributed by atoms with Crippen LogP contribution in [0.25, 0.3) is 0 Å². The van der Waals surface area contributed by atoms with Crippen molar-refractivity contribution in [2.24, 2.45) is 5.73 Å². The van der Waals surface area contributed by atoms with Crippen molar-refractivity contribution in [3.8, 4) is 11.5 Å². The molecule has 3 nitrogen and oxygen atoms in total. The van der Waals surface area contributed by atoms with E-state index in [2.05, 4.69) is 29.8 Å². The van der Waals surface area contributed by atoms with E-state index in [-0.39, 0.29) is 5.41 Å². The Bertz CT molecular complexity index is 508. The topological polar surface area (TPSA) is 44.5 Å².